The molecule has 0 saturated heterocycles. The van der Waals surface area contributed by atoms with E-state index in [1.54, 1.807) is 0 Å². The first-order valence-corrected chi connectivity index (χ1v) is 6.22. The molecule has 7 atom stereocenters. The van der Waals surface area contributed by atoms with Gasteiger partial charge in [-0.25, -0.2) is 0 Å². The summed E-state index contributed by atoms with van der Waals surface area (Å²) in [6.07, 6.45) is -11.0. The molecule has 0 aliphatic carbocycles. The Balaban J connectivity index is 0. The van der Waals surface area contributed by atoms with E-state index in [1.165, 1.54) is 0 Å². The van der Waals surface area contributed by atoms with Crippen molar-refractivity contribution in [1.82, 2.24) is 0 Å². The summed E-state index contributed by atoms with van der Waals surface area (Å²) < 4.78 is 0. The van der Waals surface area contributed by atoms with Gasteiger partial charge < -0.3 is 55.9 Å². The molecule has 0 spiro atoms. The molecule has 0 aromatic heterocycles. The number of rotatable bonds is 9. The summed E-state index contributed by atoms with van der Waals surface area (Å²) in [4.78, 5) is 9.76. The molecule has 0 rings (SSSR count). The number of aldehydes is 1. The van der Waals surface area contributed by atoms with Crippen molar-refractivity contribution in [1.29, 1.82) is 0 Å². The molecule has 0 aliphatic heterocycles. The second kappa shape index (κ2) is 12.8. The molecule has 10 N–H and O–H groups in total. The minimum Gasteiger partial charge on any atom is -0.394 e. The third kappa shape index (κ3) is 8.65. The fourth-order valence-electron chi connectivity index (χ4n) is 1.09. The largest absolute Gasteiger partial charge is 0.394 e. The number of carbonyl (C=O) groups is 1. The lowest BCUT2D eigenvalue weighted by Crippen LogP contribution is -2.46. The average molecular weight is 332 g/mol. The van der Waals surface area contributed by atoms with Gasteiger partial charge in [0.05, 0.1) is 19.8 Å². The molecule has 0 radical (unpaired) electrons. The van der Waals surface area contributed by atoms with Crippen molar-refractivity contribution >= 4 is 6.29 Å². The van der Waals surface area contributed by atoms with Crippen molar-refractivity contribution in [2.24, 2.45) is 0 Å². The van der Waals surface area contributed by atoms with Crippen molar-refractivity contribution < 1.29 is 55.9 Å². The van der Waals surface area contributed by atoms with E-state index in [9.17, 15) is 4.79 Å². The summed E-state index contributed by atoms with van der Waals surface area (Å²) in [5.41, 5.74) is 0. The van der Waals surface area contributed by atoms with Crippen LogP contribution in [-0.4, -0.2) is 120 Å². The van der Waals surface area contributed by atoms with Crippen LogP contribution in [-0.2, 0) is 4.79 Å². The van der Waals surface area contributed by atoms with E-state index in [0.29, 0.717) is 0 Å². The molecule has 0 amide bonds. The van der Waals surface area contributed by atoms with Crippen LogP contribution in [0.1, 0.15) is 0 Å². The van der Waals surface area contributed by atoms with Gasteiger partial charge in [0.25, 0.3) is 0 Å². The fraction of sp³-hybridized carbons (Fsp3) is 0.909. The zero-order chi connectivity index (χ0) is 17.9. The molecule has 134 valence electrons. The van der Waals surface area contributed by atoms with Crippen molar-refractivity contribution in [3.05, 3.63) is 0 Å². The van der Waals surface area contributed by atoms with E-state index >= 15 is 0 Å². The van der Waals surface area contributed by atoms with Crippen LogP contribution < -0.4 is 0 Å². The minimum atomic E-state index is -1.67. The van der Waals surface area contributed by atoms with E-state index in [1.807, 2.05) is 0 Å². The van der Waals surface area contributed by atoms with Crippen LogP contribution in [0.15, 0.2) is 0 Å². The quantitative estimate of drug-likeness (QED) is 0.179. The van der Waals surface area contributed by atoms with Crippen molar-refractivity contribution in [3.63, 3.8) is 0 Å². The third-order valence-corrected chi connectivity index (χ3v) is 2.58. The monoisotopic (exact) mass is 332 g/mol. The zero-order valence-corrected chi connectivity index (χ0v) is 11.6. The Morgan fingerprint density at radius 3 is 1.09 bits per heavy atom. The number of carbonyl (C=O) groups excluding carboxylic acids is 1. The van der Waals surface area contributed by atoms with E-state index in [-0.39, 0.29) is 6.29 Å². The van der Waals surface area contributed by atoms with Gasteiger partial charge in [0, 0.05) is 0 Å². The predicted octanol–water partition coefficient (Wildman–Crippen LogP) is -6.33. The van der Waals surface area contributed by atoms with Gasteiger partial charge in [0.2, 0.25) is 0 Å². The highest BCUT2D eigenvalue weighted by Crippen LogP contribution is 2.04. The molecular formula is C11H24O11. The van der Waals surface area contributed by atoms with Crippen LogP contribution in [0.2, 0.25) is 0 Å². The average Bonchev–Trinajstić information content (AvgIpc) is 2.56. The van der Waals surface area contributed by atoms with Crippen LogP contribution in [0.4, 0.5) is 0 Å². The fourth-order valence-corrected chi connectivity index (χ4v) is 1.09. The van der Waals surface area contributed by atoms with Gasteiger partial charge in [-0.3, -0.25) is 0 Å². The van der Waals surface area contributed by atoms with Gasteiger partial charge in [-0.15, -0.1) is 0 Å². The Labute approximate surface area is 125 Å². The molecule has 0 fully saturated rings. The van der Waals surface area contributed by atoms with Crippen molar-refractivity contribution in [2.45, 2.75) is 42.7 Å². The van der Waals surface area contributed by atoms with E-state index in [2.05, 4.69) is 0 Å². The lowest BCUT2D eigenvalue weighted by atomic mass is 10.0. The molecule has 0 aromatic carbocycles. The zero-order valence-electron chi connectivity index (χ0n) is 11.6. The molecule has 11 heteroatoms. The maximum Gasteiger partial charge on any atom is 0.151 e. The molecule has 0 heterocycles. The summed E-state index contributed by atoms with van der Waals surface area (Å²) in [5.74, 6) is 0. The van der Waals surface area contributed by atoms with Crippen LogP contribution in [0.5, 0.6) is 0 Å². The van der Waals surface area contributed by atoms with E-state index in [4.69, 9.17) is 51.1 Å². The Morgan fingerprint density at radius 1 is 0.591 bits per heavy atom. The number of aliphatic hydroxyl groups is 10. The van der Waals surface area contributed by atoms with E-state index < -0.39 is 62.5 Å². The number of hydrogen-bond donors (Lipinski definition) is 10. The molecule has 11 nitrogen and oxygen atoms in total. The SMILES string of the molecule is O=C[C@H](O)[C@@H](O)[C@@H](O)CO.OC[C@@H](O)[C@H](O)[C@H](O)[C@@H](O)CO. The molecule has 0 aliphatic rings. The standard InChI is InChI=1S/C6H14O6.C5H10O5/c7-1-3(9)5(11)6(12)4(10)2-8;6-1-3(8)5(10)4(9)2-7/h3-12H,1-2H2;1,3-5,7-10H,2H2/t3-,4+,5+,6-;3-,4-,5+/m.0/s1. The van der Waals surface area contributed by atoms with Gasteiger partial charge in [-0.05, 0) is 0 Å². The number of aliphatic hydroxyl groups excluding tert-OH is 10. The third-order valence-electron chi connectivity index (χ3n) is 2.58. The molecule has 0 bridgehead atoms. The first-order valence-electron chi connectivity index (χ1n) is 6.22. The highest BCUT2D eigenvalue weighted by Gasteiger charge is 2.29. The van der Waals surface area contributed by atoms with Gasteiger partial charge in [0.15, 0.2) is 6.29 Å². The highest BCUT2D eigenvalue weighted by atomic mass is 16.4. The summed E-state index contributed by atoms with van der Waals surface area (Å²) >= 11 is 0. The molecule has 0 saturated carbocycles. The minimum absolute atomic E-state index is 0.0869. The van der Waals surface area contributed by atoms with Gasteiger partial charge in [-0.1, -0.05) is 0 Å². The lowest BCUT2D eigenvalue weighted by molar-refractivity contribution is -0.127. The maximum absolute atomic E-state index is 9.76. The van der Waals surface area contributed by atoms with E-state index in [0.717, 1.165) is 0 Å². The topological polar surface area (TPSA) is 219 Å². The normalized spacial score (nSPS) is 20.6. The van der Waals surface area contributed by atoms with Crippen LogP contribution in [0, 0.1) is 0 Å². The Hall–Kier alpha value is -0.730. The van der Waals surface area contributed by atoms with Gasteiger partial charge in [-0.2, -0.15) is 0 Å². The van der Waals surface area contributed by atoms with Gasteiger partial charge in [0.1, 0.15) is 42.7 Å². The maximum atomic E-state index is 9.76. The first-order chi connectivity index (χ1) is 10.2. The molecule has 0 aromatic rings. The Morgan fingerprint density at radius 2 is 0.864 bits per heavy atom. The predicted molar refractivity (Wildman–Crippen MR) is 69.4 cm³/mol. The highest BCUT2D eigenvalue weighted by molar-refractivity contribution is 5.56. The summed E-state index contributed by atoms with van der Waals surface area (Å²) in [7, 11) is 0. The number of hydrogen-bond acceptors (Lipinski definition) is 11. The van der Waals surface area contributed by atoms with Crippen molar-refractivity contribution in [2.75, 3.05) is 19.8 Å². The second-order valence-corrected chi connectivity index (χ2v) is 4.35. The summed E-state index contributed by atoms with van der Waals surface area (Å²) in [6, 6.07) is 0. The Kier molecular flexibility index (Phi) is 13.7. The molecular weight excluding hydrogens is 308 g/mol. The Bertz CT molecular complexity index is 263. The first kappa shape index (κ1) is 23.5. The van der Waals surface area contributed by atoms with Crippen LogP contribution >= 0.6 is 0 Å². The van der Waals surface area contributed by atoms with Gasteiger partial charge >= 0.3 is 0 Å². The summed E-state index contributed by atoms with van der Waals surface area (Å²) in [6.45, 7) is -2.14. The molecule has 0 unspecified atom stereocenters. The van der Waals surface area contributed by atoms with Crippen LogP contribution in [0.3, 0.4) is 0 Å². The smallest absolute Gasteiger partial charge is 0.151 e. The second-order valence-electron chi connectivity index (χ2n) is 4.35. The van der Waals surface area contributed by atoms with Crippen LogP contribution in [0.25, 0.3) is 0 Å². The molecule has 22 heavy (non-hydrogen) atoms. The lowest BCUT2D eigenvalue weighted by Gasteiger charge is -2.24. The summed E-state index contributed by atoms with van der Waals surface area (Å²) in [5, 5.41) is 86.2. The van der Waals surface area contributed by atoms with Crippen molar-refractivity contribution in [3.8, 4) is 0 Å².